The number of hydrogen-bond acceptors (Lipinski definition) is 5. The zero-order chi connectivity index (χ0) is 17.6. The zero-order valence-electron chi connectivity index (χ0n) is 13.9. The van der Waals surface area contributed by atoms with E-state index in [2.05, 4.69) is 5.32 Å². The SMILES string of the molecule is Cc1cc(C=CCCNC(=O)OC(C)(C)C)c(N)c([N+](=O)[O-])c1. The maximum atomic E-state index is 11.5. The smallest absolute Gasteiger partial charge is 0.407 e. The van der Waals surface area contributed by atoms with Crippen LogP contribution in [0.2, 0.25) is 0 Å². The van der Waals surface area contributed by atoms with Crippen LogP contribution in [0.5, 0.6) is 0 Å². The number of hydrogen-bond donors (Lipinski definition) is 2. The van der Waals surface area contributed by atoms with E-state index in [1.54, 1.807) is 45.9 Å². The second kappa shape index (κ2) is 7.62. The number of carbonyl (C=O) groups excluding carboxylic acids is 1. The summed E-state index contributed by atoms with van der Waals surface area (Å²) in [5, 5.41) is 13.6. The fourth-order valence-corrected chi connectivity index (χ4v) is 1.88. The molecule has 0 aliphatic heterocycles. The third kappa shape index (κ3) is 6.37. The first-order valence-corrected chi connectivity index (χ1v) is 7.28. The molecule has 126 valence electrons. The van der Waals surface area contributed by atoms with E-state index in [4.69, 9.17) is 10.5 Å². The Hall–Kier alpha value is -2.57. The number of ether oxygens (including phenoxy) is 1. The topological polar surface area (TPSA) is 107 Å². The first-order valence-electron chi connectivity index (χ1n) is 7.28. The highest BCUT2D eigenvalue weighted by Gasteiger charge is 2.15. The van der Waals surface area contributed by atoms with E-state index in [-0.39, 0.29) is 11.4 Å². The number of amides is 1. The minimum Gasteiger partial charge on any atom is -0.444 e. The van der Waals surface area contributed by atoms with Crippen molar-refractivity contribution in [3.05, 3.63) is 39.4 Å². The van der Waals surface area contributed by atoms with Gasteiger partial charge in [0.15, 0.2) is 0 Å². The third-order valence-electron chi connectivity index (χ3n) is 2.81. The molecule has 0 bridgehead atoms. The van der Waals surface area contributed by atoms with Crippen LogP contribution in [0.3, 0.4) is 0 Å². The molecule has 0 aliphatic carbocycles. The number of nitro benzene ring substituents is 1. The number of alkyl carbamates (subject to hydrolysis) is 1. The van der Waals surface area contributed by atoms with Crippen molar-refractivity contribution in [1.82, 2.24) is 5.32 Å². The van der Waals surface area contributed by atoms with Crippen LogP contribution in [0.4, 0.5) is 16.2 Å². The van der Waals surface area contributed by atoms with Gasteiger partial charge in [0.2, 0.25) is 0 Å². The first kappa shape index (κ1) is 18.5. The molecule has 23 heavy (non-hydrogen) atoms. The minimum absolute atomic E-state index is 0.100. The monoisotopic (exact) mass is 321 g/mol. The highest BCUT2D eigenvalue weighted by molar-refractivity contribution is 5.74. The summed E-state index contributed by atoms with van der Waals surface area (Å²) in [7, 11) is 0. The fourth-order valence-electron chi connectivity index (χ4n) is 1.88. The van der Waals surface area contributed by atoms with Crippen molar-refractivity contribution in [2.75, 3.05) is 12.3 Å². The van der Waals surface area contributed by atoms with Gasteiger partial charge in [-0.2, -0.15) is 0 Å². The van der Waals surface area contributed by atoms with Gasteiger partial charge in [-0.05, 0) is 45.7 Å². The molecular formula is C16H23N3O4. The Morgan fingerprint density at radius 3 is 2.65 bits per heavy atom. The standard InChI is InChI=1S/C16H23N3O4/c1-11-9-12(14(17)13(10-11)19(21)22)7-5-6-8-18-15(20)23-16(2,3)4/h5,7,9-10H,6,8,17H2,1-4H3,(H,18,20). The van der Waals surface area contributed by atoms with Gasteiger partial charge in [0.25, 0.3) is 5.69 Å². The van der Waals surface area contributed by atoms with Crippen LogP contribution < -0.4 is 11.1 Å². The van der Waals surface area contributed by atoms with Gasteiger partial charge >= 0.3 is 6.09 Å². The van der Waals surface area contributed by atoms with Gasteiger partial charge in [-0.1, -0.05) is 12.2 Å². The summed E-state index contributed by atoms with van der Waals surface area (Å²) in [5.74, 6) is 0. The number of nitrogens with zero attached hydrogens (tertiary/aromatic N) is 1. The summed E-state index contributed by atoms with van der Waals surface area (Å²) < 4.78 is 5.11. The molecule has 0 heterocycles. The summed E-state index contributed by atoms with van der Waals surface area (Å²) in [6.45, 7) is 7.55. The van der Waals surface area contributed by atoms with Crippen LogP contribution in [0, 0.1) is 17.0 Å². The molecule has 0 fully saturated rings. The van der Waals surface area contributed by atoms with Crippen LogP contribution in [0.25, 0.3) is 6.08 Å². The van der Waals surface area contributed by atoms with E-state index in [9.17, 15) is 14.9 Å². The van der Waals surface area contributed by atoms with E-state index in [1.165, 1.54) is 6.07 Å². The molecule has 0 unspecified atom stereocenters. The maximum Gasteiger partial charge on any atom is 0.407 e. The number of anilines is 1. The lowest BCUT2D eigenvalue weighted by atomic mass is 10.1. The van der Waals surface area contributed by atoms with Gasteiger partial charge < -0.3 is 15.8 Å². The van der Waals surface area contributed by atoms with Crippen LogP contribution in [0.15, 0.2) is 18.2 Å². The molecule has 0 saturated heterocycles. The number of carbonyl (C=O) groups is 1. The Balaban J connectivity index is 2.59. The predicted octanol–water partition coefficient (Wildman–Crippen LogP) is 3.41. The number of benzene rings is 1. The Labute approximate surface area is 135 Å². The summed E-state index contributed by atoms with van der Waals surface area (Å²) in [6.07, 6.45) is 3.59. The lowest BCUT2D eigenvalue weighted by Gasteiger charge is -2.19. The quantitative estimate of drug-likeness (QED) is 0.374. The minimum atomic E-state index is -0.533. The number of aryl methyl sites for hydroxylation is 1. The summed E-state index contributed by atoms with van der Waals surface area (Å²) in [4.78, 5) is 21.9. The van der Waals surface area contributed by atoms with Gasteiger partial charge in [0.05, 0.1) is 4.92 Å². The Morgan fingerprint density at radius 1 is 1.43 bits per heavy atom. The van der Waals surface area contributed by atoms with Gasteiger partial charge in [0.1, 0.15) is 11.3 Å². The van der Waals surface area contributed by atoms with Gasteiger partial charge in [-0.25, -0.2) is 4.79 Å². The lowest BCUT2D eigenvalue weighted by Crippen LogP contribution is -2.32. The van der Waals surface area contributed by atoms with Crippen molar-refractivity contribution in [1.29, 1.82) is 0 Å². The van der Waals surface area contributed by atoms with Crippen molar-refractivity contribution in [2.45, 2.75) is 39.7 Å². The molecule has 1 aromatic carbocycles. The number of nitrogens with two attached hydrogens (primary N) is 1. The van der Waals surface area contributed by atoms with Crippen LogP contribution in [-0.4, -0.2) is 23.2 Å². The fraction of sp³-hybridized carbons (Fsp3) is 0.438. The molecule has 7 nitrogen and oxygen atoms in total. The number of nitro groups is 1. The number of nitrogen functional groups attached to an aromatic ring is 1. The zero-order valence-corrected chi connectivity index (χ0v) is 13.9. The second-order valence-electron chi connectivity index (χ2n) is 6.16. The molecule has 1 rings (SSSR count). The average Bonchev–Trinajstić information content (AvgIpc) is 2.39. The third-order valence-corrected chi connectivity index (χ3v) is 2.81. The predicted molar refractivity (Wildman–Crippen MR) is 90.1 cm³/mol. The Kier molecular flexibility index (Phi) is 6.12. The summed E-state index contributed by atoms with van der Waals surface area (Å²) in [5.41, 5.74) is 6.66. The van der Waals surface area contributed by atoms with Crippen molar-refractivity contribution in [3.8, 4) is 0 Å². The van der Waals surface area contributed by atoms with E-state index in [1.807, 2.05) is 0 Å². The molecule has 0 atom stereocenters. The van der Waals surface area contributed by atoms with E-state index < -0.39 is 16.6 Å². The maximum absolute atomic E-state index is 11.5. The van der Waals surface area contributed by atoms with Crippen molar-refractivity contribution in [3.63, 3.8) is 0 Å². The van der Waals surface area contributed by atoms with E-state index in [0.717, 1.165) is 5.56 Å². The Morgan fingerprint density at radius 2 is 2.09 bits per heavy atom. The molecule has 0 spiro atoms. The number of nitrogens with one attached hydrogen (secondary N) is 1. The molecular weight excluding hydrogens is 298 g/mol. The normalized spacial score (nSPS) is 11.5. The average molecular weight is 321 g/mol. The Bertz CT molecular complexity index is 618. The van der Waals surface area contributed by atoms with Crippen molar-refractivity contribution >= 4 is 23.5 Å². The highest BCUT2D eigenvalue weighted by atomic mass is 16.6. The van der Waals surface area contributed by atoms with Crippen LogP contribution >= 0.6 is 0 Å². The van der Waals surface area contributed by atoms with Gasteiger partial charge in [0, 0.05) is 18.2 Å². The molecule has 0 saturated carbocycles. The summed E-state index contributed by atoms with van der Waals surface area (Å²) in [6, 6.07) is 3.22. The highest BCUT2D eigenvalue weighted by Crippen LogP contribution is 2.27. The summed E-state index contributed by atoms with van der Waals surface area (Å²) >= 11 is 0. The lowest BCUT2D eigenvalue weighted by molar-refractivity contribution is -0.383. The largest absolute Gasteiger partial charge is 0.444 e. The second-order valence-corrected chi connectivity index (χ2v) is 6.16. The van der Waals surface area contributed by atoms with Crippen molar-refractivity contribution in [2.24, 2.45) is 0 Å². The molecule has 3 N–H and O–H groups in total. The van der Waals surface area contributed by atoms with Gasteiger partial charge in [-0.3, -0.25) is 10.1 Å². The number of rotatable bonds is 5. The first-order chi connectivity index (χ1) is 10.6. The van der Waals surface area contributed by atoms with E-state index in [0.29, 0.717) is 18.5 Å². The molecule has 0 aliphatic rings. The molecule has 1 amide bonds. The van der Waals surface area contributed by atoms with Gasteiger partial charge in [-0.15, -0.1) is 0 Å². The van der Waals surface area contributed by atoms with E-state index >= 15 is 0 Å². The molecule has 0 aromatic heterocycles. The molecule has 0 radical (unpaired) electrons. The molecule has 7 heteroatoms. The van der Waals surface area contributed by atoms with Crippen molar-refractivity contribution < 1.29 is 14.5 Å². The van der Waals surface area contributed by atoms with Crippen LogP contribution in [0.1, 0.15) is 38.3 Å². The van der Waals surface area contributed by atoms with Crippen LogP contribution in [-0.2, 0) is 4.74 Å². The molecule has 1 aromatic rings.